The molecule has 0 aromatic heterocycles. The average molecular weight is 490 g/mol. The van der Waals surface area contributed by atoms with E-state index in [2.05, 4.69) is 20.8 Å². The molecule has 2 aromatic rings. The lowest BCUT2D eigenvalue weighted by Crippen LogP contribution is -2.55. The van der Waals surface area contributed by atoms with Gasteiger partial charge in [-0.3, -0.25) is 9.59 Å². The highest BCUT2D eigenvalue weighted by molar-refractivity contribution is 9.10. The van der Waals surface area contributed by atoms with Crippen molar-refractivity contribution in [2.45, 2.75) is 6.04 Å². The lowest BCUT2D eigenvalue weighted by Gasteiger charge is -2.38. The molecule has 0 N–H and O–H groups in total. The number of anilines is 1. The molecule has 2 aliphatic heterocycles. The third kappa shape index (κ3) is 4.30. The molecule has 2 aliphatic rings. The minimum atomic E-state index is -0.403. The molecule has 30 heavy (non-hydrogen) atoms. The van der Waals surface area contributed by atoms with Gasteiger partial charge in [-0.1, -0.05) is 34.1 Å². The highest BCUT2D eigenvalue weighted by Gasteiger charge is 2.38. The normalized spacial score (nSPS) is 19.1. The van der Waals surface area contributed by atoms with E-state index in [1.165, 1.54) is 0 Å². The number of benzene rings is 2. The van der Waals surface area contributed by atoms with Crippen LogP contribution in [0.5, 0.6) is 5.75 Å². The van der Waals surface area contributed by atoms with Crippen LogP contribution in [0.25, 0.3) is 0 Å². The molecule has 6 nitrogen and oxygen atoms in total. The number of nitrogens with zero attached hydrogens (tertiary/aromatic N) is 3. The molecule has 4 rings (SSSR count). The summed E-state index contributed by atoms with van der Waals surface area (Å²) in [6.45, 7) is 2.75. The van der Waals surface area contributed by atoms with Crippen molar-refractivity contribution in [1.82, 2.24) is 9.80 Å². The fourth-order valence-electron chi connectivity index (χ4n) is 3.90. The smallest absolute Gasteiger partial charge is 0.255 e. The number of ether oxygens (including phenoxy) is 1. The molecule has 1 atom stereocenters. The first kappa shape index (κ1) is 21.1. The van der Waals surface area contributed by atoms with Crippen LogP contribution in [0.2, 0.25) is 0 Å². The van der Waals surface area contributed by atoms with Crippen molar-refractivity contribution < 1.29 is 14.3 Å². The van der Waals surface area contributed by atoms with Gasteiger partial charge in [-0.05, 0) is 30.3 Å². The number of hydrogen-bond donors (Lipinski definition) is 0. The minimum absolute atomic E-state index is 0.0445. The molecule has 0 saturated carbocycles. The largest absolute Gasteiger partial charge is 0.495 e. The summed E-state index contributed by atoms with van der Waals surface area (Å²) >= 11 is 5.05. The quantitative estimate of drug-likeness (QED) is 0.659. The third-order valence-corrected chi connectivity index (χ3v) is 7.02. The molecule has 8 heteroatoms. The summed E-state index contributed by atoms with van der Waals surface area (Å²) in [5.41, 5.74) is 1.65. The second-order valence-electron chi connectivity index (χ2n) is 7.29. The number of halogens is 1. The van der Waals surface area contributed by atoms with E-state index in [-0.39, 0.29) is 11.8 Å². The van der Waals surface area contributed by atoms with Gasteiger partial charge < -0.3 is 19.4 Å². The van der Waals surface area contributed by atoms with Crippen LogP contribution in [0.1, 0.15) is 10.4 Å². The Bertz CT molecular complexity index is 933. The molecule has 158 valence electrons. The predicted octanol–water partition coefficient (Wildman–Crippen LogP) is 3.32. The first-order valence-electron chi connectivity index (χ1n) is 9.89. The Morgan fingerprint density at radius 3 is 2.57 bits per heavy atom. The monoisotopic (exact) mass is 489 g/mol. The molecule has 2 fully saturated rings. The maximum atomic E-state index is 13.2. The number of rotatable bonds is 4. The van der Waals surface area contributed by atoms with E-state index in [1.807, 2.05) is 41.3 Å². The lowest BCUT2D eigenvalue weighted by molar-refractivity contribution is -0.135. The van der Waals surface area contributed by atoms with Gasteiger partial charge in [0.05, 0.1) is 18.7 Å². The summed E-state index contributed by atoms with van der Waals surface area (Å²) in [4.78, 5) is 32.1. The molecule has 1 unspecified atom stereocenters. The van der Waals surface area contributed by atoms with Crippen molar-refractivity contribution in [2.24, 2.45) is 0 Å². The Kier molecular flexibility index (Phi) is 6.53. The SMILES string of the molecule is COc1ccccc1N1CCN(C(=O)C2CSCN2C(=O)c2cccc(Br)c2)CC1. The number of hydrogen-bond acceptors (Lipinski definition) is 5. The lowest BCUT2D eigenvalue weighted by atomic mass is 10.1. The highest BCUT2D eigenvalue weighted by Crippen LogP contribution is 2.29. The van der Waals surface area contributed by atoms with E-state index in [4.69, 9.17) is 4.74 Å². The Balaban J connectivity index is 1.41. The van der Waals surface area contributed by atoms with Crippen molar-refractivity contribution in [3.05, 3.63) is 58.6 Å². The Hall–Kier alpha value is -2.19. The summed E-state index contributed by atoms with van der Waals surface area (Å²) in [6, 6.07) is 14.9. The molecular formula is C22H24BrN3O3S. The van der Waals surface area contributed by atoms with Gasteiger partial charge in [-0.2, -0.15) is 0 Å². The molecule has 0 spiro atoms. The summed E-state index contributed by atoms with van der Waals surface area (Å²) < 4.78 is 6.33. The van der Waals surface area contributed by atoms with E-state index in [0.29, 0.717) is 30.3 Å². The summed E-state index contributed by atoms with van der Waals surface area (Å²) in [5.74, 6) is 1.99. The summed E-state index contributed by atoms with van der Waals surface area (Å²) in [7, 11) is 1.67. The van der Waals surface area contributed by atoms with E-state index in [9.17, 15) is 9.59 Å². The van der Waals surface area contributed by atoms with Gasteiger partial charge in [0.2, 0.25) is 5.91 Å². The van der Waals surface area contributed by atoms with Gasteiger partial charge in [0.15, 0.2) is 0 Å². The summed E-state index contributed by atoms with van der Waals surface area (Å²) in [5, 5.41) is 0. The van der Waals surface area contributed by atoms with Crippen molar-refractivity contribution >= 4 is 45.2 Å². The van der Waals surface area contributed by atoms with Crippen molar-refractivity contribution in [3.63, 3.8) is 0 Å². The fourth-order valence-corrected chi connectivity index (χ4v) is 5.45. The Morgan fingerprint density at radius 2 is 1.83 bits per heavy atom. The van der Waals surface area contributed by atoms with Crippen molar-refractivity contribution in [1.29, 1.82) is 0 Å². The molecule has 2 aromatic carbocycles. The van der Waals surface area contributed by atoms with Crippen LogP contribution in [-0.4, -0.2) is 72.6 Å². The zero-order chi connectivity index (χ0) is 21.1. The van der Waals surface area contributed by atoms with Gasteiger partial charge in [-0.15, -0.1) is 11.8 Å². The second-order valence-corrected chi connectivity index (χ2v) is 9.20. The first-order chi connectivity index (χ1) is 14.6. The number of piperazine rings is 1. The topological polar surface area (TPSA) is 53.1 Å². The van der Waals surface area contributed by atoms with Gasteiger partial charge in [0.1, 0.15) is 11.8 Å². The fraction of sp³-hybridized carbons (Fsp3) is 0.364. The van der Waals surface area contributed by atoms with Crippen molar-refractivity contribution in [3.8, 4) is 5.75 Å². The van der Waals surface area contributed by atoms with Crippen LogP contribution in [0, 0.1) is 0 Å². The number of carbonyl (C=O) groups is 2. The van der Waals surface area contributed by atoms with E-state index in [0.717, 1.165) is 29.0 Å². The molecule has 2 heterocycles. The second kappa shape index (κ2) is 9.31. The van der Waals surface area contributed by atoms with E-state index >= 15 is 0 Å². The van der Waals surface area contributed by atoms with Gasteiger partial charge in [0, 0.05) is 42.0 Å². The molecule has 2 saturated heterocycles. The molecule has 0 radical (unpaired) electrons. The summed E-state index contributed by atoms with van der Waals surface area (Å²) in [6.07, 6.45) is 0. The third-order valence-electron chi connectivity index (χ3n) is 5.52. The number of para-hydroxylation sites is 2. The van der Waals surface area contributed by atoms with E-state index in [1.54, 1.807) is 35.9 Å². The molecule has 2 amide bonds. The number of amides is 2. The Morgan fingerprint density at radius 1 is 1.07 bits per heavy atom. The number of carbonyl (C=O) groups excluding carboxylic acids is 2. The standard InChI is InChI=1S/C22H24BrN3O3S/c1-29-20-8-3-2-7-18(20)24-9-11-25(12-10-24)22(28)19-14-30-15-26(19)21(27)16-5-4-6-17(23)13-16/h2-8,13,19H,9-12,14-15H2,1H3. The van der Waals surface area contributed by atoms with Crippen molar-refractivity contribution in [2.75, 3.05) is 49.8 Å². The Labute approximate surface area is 189 Å². The van der Waals surface area contributed by atoms with Crippen LogP contribution in [0.3, 0.4) is 0 Å². The highest BCUT2D eigenvalue weighted by atomic mass is 79.9. The first-order valence-corrected chi connectivity index (χ1v) is 11.8. The zero-order valence-corrected chi connectivity index (χ0v) is 19.2. The van der Waals surface area contributed by atoms with E-state index < -0.39 is 6.04 Å². The average Bonchev–Trinajstić information content (AvgIpc) is 3.28. The van der Waals surface area contributed by atoms with Crippen LogP contribution in [0.4, 0.5) is 5.69 Å². The van der Waals surface area contributed by atoms with Crippen LogP contribution in [-0.2, 0) is 4.79 Å². The van der Waals surface area contributed by atoms with Crippen LogP contribution < -0.4 is 9.64 Å². The van der Waals surface area contributed by atoms with Crippen LogP contribution >= 0.6 is 27.7 Å². The number of thioether (sulfide) groups is 1. The molecular weight excluding hydrogens is 466 g/mol. The maximum absolute atomic E-state index is 13.2. The van der Waals surface area contributed by atoms with Gasteiger partial charge in [-0.25, -0.2) is 0 Å². The molecule has 0 bridgehead atoms. The van der Waals surface area contributed by atoms with Gasteiger partial charge in [0.25, 0.3) is 5.91 Å². The van der Waals surface area contributed by atoms with Gasteiger partial charge >= 0.3 is 0 Å². The predicted molar refractivity (Wildman–Crippen MR) is 123 cm³/mol. The number of methoxy groups -OCH3 is 1. The van der Waals surface area contributed by atoms with Crippen LogP contribution in [0.15, 0.2) is 53.0 Å². The maximum Gasteiger partial charge on any atom is 0.255 e. The molecule has 0 aliphatic carbocycles. The minimum Gasteiger partial charge on any atom is -0.495 e. The zero-order valence-electron chi connectivity index (χ0n) is 16.8.